The zero-order valence-corrected chi connectivity index (χ0v) is 21.7. The first kappa shape index (κ1) is 26.4. The van der Waals surface area contributed by atoms with Gasteiger partial charge in [-0.1, -0.05) is 42.5 Å². The second kappa shape index (κ2) is 12.1. The molecule has 0 bridgehead atoms. The molecular weight excluding hydrogens is 506 g/mol. The Morgan fingerprint density at radius 2 is 1.68 bits per heavy atom. The van der Waals surface area contributed by atoms with E-state index in [0.717, 1.165) is 10.9 Å². The topological polar surface area (TPSA) is 118 Å². The van der Waals surface area contributed by atoms with Gasteiger partial charge in [0.15, 0.2) is 5.76 Å². The van der Waals surface area contributed by atoms with Crippen molar-refractivity contribution in [2.75, 3.05) is 24.2 Å². The largest absolute Gasteiger partial charge is 0.508 e. The van der Waals surface area contributed by atoms with Crippen molar-refractivity contribution >= 4 is 34.2 Å². The highest BCUT2D eigenvalue weighted by atomic mass is 16.5. The number of nitrogens with one attached hydrogen (secondary N) is 1. The Hall–Kier alpha value is -5.24. The number of benzene rings is 4. The van der Waals surface area contributed by atoms with Crippen LogP contribution in [0.1, 0.15) is 32.9 Å². The standard InChI is InChI=1S/C32H29N3O5/c33-27-10-2-3-11-28(27)34-31(37)23-13-15-26(16-14-23)39-18-6-17-35(21-22-7-5-9-25(36)19-22)32(38)30-20-24-8-1-4-12-29(24)40-30/h1-5,7-16,19-20,36H,6,17-18,21,33H2,(H,34,37). The first-order valence-corrected chi connectivity index (χ1v) is 12.9. The van der Waals surface area contributed by atoms with Gasteiger partial charge < -0.3 is 30.2 Å². The third-order valence-corrected chi connectivity index (χ3v) is 6.37. The van der Waals surface area contributed by atoms with Crippen LogP contribution in [0.15, 0.2) is 108 Å². The first-order chi connectivity index (χ1) is 19.5. The molecule has 4 N–H and O–H groups in total. The van der Waals surface area contributed by atoms with E-state index >= 15 is 0 Å². The molecule has 202 valence electrons. The van der Waals surface area contributed by atoms with Crippen LogP contribution in [0.25, 0.3) is 11.0 Å². The zero-order chi connectivity index (χ0) is 27.9. The van der Waals surface area contributed by atoms with Crippen molar-refractivity contribution in [2.45, 2.75) is 13.0 Å². The number of nitrogen functional groups attached to an aromatic ring is 1. The van der Waals surface area contributed by atoms with Crippen molar-refractivity contribution in [2.24, 2.45) is 0 Å². The second-order valence-electron chi connectivity index (χ2n) is 9.31. The lowest BCUT2D eigenvalue weighted by Gasteiger charge is -2.22. The monoisotopic (exact) mass is 535 g/mol. The average molecular weight is 536 g/mol. The summed E-state index contributed by atoms with van der Waals surface area (Å²) in [6.45, 7) is 1.07. The summed E-state index contributed by atoms with van der Waals surface area (Å²) in [5, 5.41) is 13.5. The number of phenols is 1. The SMILES string of the molecule is Nc1ccccc1NC(=O)c1ccc(OCCCN(Cc2cccc(O)c2)C(=O)c2cc3ccccc3o2)cc1. The Balaban J connectivity index is 1.19. The Labute approximate surface area is 231 Å². The summed E-state index contributed by atoms with van der Waals surface area (Å²) in [5.74, 6) is 0.499. The molecule has 0 unspecified atom stereocenters. The van der Waals surface area contributed by atoms with Crippen molar-refractivity contribution in [3.63, 3.8) is 0 Å². The summed E-state index contributed by atoms with van der Waals surface area (Å²) in [5.41, 5.74) is 8.88. The summed E-state index contributed by atoms with van der Waals surface area (Å²) in [6, 6.07) is 30.0. The molecule has 0 saturated heterocycles. The van der Waals surface area contributed by atoms with Gasteiger partial charge in [-0.2, -0.15) is 0 Å². The lowest BCUT2D eigenvalue weighted by molar-refractivity contribution is 0.0704. The third kappa shape index (κ3) is 6.42. The number of amides is 2. The van der Waals surface area contributed by atoms with Crippen molar-refractivity contribution in [1.29, 1.82) is 0 Å². The molecule has 0 atom stereocenters. The van der Waals surface area contributed by atoms with Gasteiger partial charge in [0.2, 0.25) is 0 Å². The van der Waals surface area contributed by atoms with E-state index in [1.165, 1.54) is 0 Å². The van der Waals surface area contributed by atoms with Gasteiger partial charge >= 0.3 is 0 Å². The van der Waals surface area contributed by atoms with Gasteiger partial charge in [-0.25, -0.2) is 0 Å². The van der Waals surface area contributed by atoms with Gasteiger partial charge in [-0.15, -0.1) is 0 Å². The van der Waals surface area contributed by atoms with E-state index in [-0.39, 0.29) is 23.3 Å². The molecule has 5 rings (SSSR count). The number of carbonyl (C=O) groups excluding carboxylic acids is 2. The van der Waals surface area contributed by atoms with Gasteiger partial charge in [-0.05, 0) is 72.6 Å². The Morgan fingerprint density at radius 3 is 2.45 bits per heavy atom. The second-order valence-corrected chi connectivity index (χ2v) is 9.31. The van der Waals surface area contributed by atoms with Crippen LogP contribution in [0, 0.1) is 0 Å². The molecule has 0 aliphatic rings. The van der Waals surface area contributed by atoms with Crippen LogP contribution in [0.2, 0.25) is 0 Å². The van der Waals surface area contributed by atoms with Crippen molar-refractivity contribution in [3.05, 3.63) is 120 Å². The predicted octanol–water partition coefficient (Wildman–Crippen LogP) is 6.08. The molecule has 1 aromatic heterocycles. The first-order valence-electron chi connectivity index (χ1n) is 12.9. The lowest BCUT2D eigenvalue weighted by Crippen LogP contribution is -2.32. The van der Waals surface area contributed by atoms with Crippen LogP contribution in [0.3, 0.4) is 0 Å². The maximum Gasteiger partial charge on any atom is 0.289 e. The molecule has 8 nitrogen and oxygen atoms in total. The van der Waals surface area contributed by atoms with Crippen LogP contribution in [0.5, 0.6) is 11.5 Å². The molecule has 5 aromatic rings. The van der Waals surface area contributed by atoms with Gasteiger partial charge in [0, 0.05) is 24.0 Å². The average Bonchev–Trinajstić information content (AvgIpc) is 3.40. The molecule has 4 aromatic carbocycles. The Kier molecular flexibility index (Phi) is 7.97. The smallest absolute Gasteiger partial charge is 0.289 e. The van der Waals surface area contributed by atoms with E-state index in [1.54, 1.807) is 77.7 Å². The minimum atomic E-state index is -0.267. The number of phenolic OH excluding ortho intramolecular Hbond substituents is 1. The summed E-state index contributed by atoms with van der Waals surface area (Å²) in [6.07, 6.45) is 0.556. The number of anilines is 2. The minimum Gasteiger partial charge on any atom is -0.508 e. The van der Waals surface area contributed by atoms with Crippen molar-refractivity contribution < 1.29 is 23.8 Å². The van der Waals surface area contributed by atoms with Crippen LogP contribution in [-0.4, -0.2) is 35.0 Å². The molecule has 0 aliphatic heterocycles. The molecule has 1 heterocycles. The number of hydrogen-bond donors (Lipinski definition) is 3. The normalized spacial score (nSPS) is 10.8. The number of nitrogens with zero attached hydrogens (tertiary/aromatic N) is 1. The number of para-hydroxylation sites is 3. The summed E-state index contributed by atoms with van der Waals surface area (Å²) in [4.78, 5) is 27.6. The summed E-state index contributed by atoms with van der Waals surface area (Å²) in [7, 11) is 0. The van der Waals surface area contributed by atoms with Crippen LogP contribution in [-0.2, 0) is 6.54 Å². The highest BCUT2D eigenvalue weighted by Gasteiger charge is 2.20. The molecule has 0 saturated carbocycles. The molecular formula is C32H29N3O5. The minimum absolute atomic E-state index is 0.140. The number of ether oxygens (including phenoxy) is 1. The number of aromatic hydroxyl groups is 1. The number of furan rings is 1. The van der Waals surface area contributed by atoms with E-state index < -0.39 is 0 Å². The quantitative estimate of drug-likeness (QED) is 0.147. The van der Waals surface area contributed by atoms with E-state index in [4.69, 9.17) is 14.9 Å². The highest BCUT2D eigenvalue weighted by Crippen LogP contribution is 2.22. The molecule has 40 heavy (non-hydrogen) atoms. The van der Waals surface area contributed by atoms with Gasteiger partial charge in [-0.3, -0.25) is 9.59 Å². The fourth-order valence-electron chi connectivity index (χ4n) is 4.32. The maximum atomic E-state index is 13.4. The molecule has 0 fully saturated rings. The maximum absolute atomic E-state index is 13.4. The van der Waals surface area contributed by atoms with E-state index in [9.17, 15) is 14.7 Å². The lowest BCUT2D eigenvalue weighted by atomic mass is 10.2. The van der Waals surface area contributed by atoms with Crippen molar-refractivity contribution in [3.8, 4) is 11.5 Å². The predicted molar refractivity (Wildman–Crippen MR) is 154 cm³/mol. The molecule has 8 heteroatoms. The molecule has 0 spiro atoms. The van der Waals surface area contributed by atoms with E-state index in [1.807, 2.05) is 30.3 Å². The number of carbonyl (C=O) groups is 2. The highest BCUT2D eigenvalue weighted by molar-refractivity contribution is 6.05. The fraction of sp³-hybridized carbons (Fsp3) is 0.125. The Bertz CT molecular complexity index is 1590. The third-order valence-electron chi connectivity index (χ3n) is 6.37. The van der Waals surface area contributed by atoms with E-state index in [2.05, 4.69) is 5.32 Å². The number of nitrogens with two attached hydrogens (primary N) is 1. The van der Waals surface area contributed by atoms with Crippen LogP contribution < -0.4 is 15.8 Å². The molecule has 0 aliphatic carbocycles. The number of rotatable bonds is 10. The number of hydrogen-bond acceptors (Lipinski definition) is 6. The van der Waals surface area contributed by atoms with Crippen LogP contribution >= 0.6 is 0 Å². The molecule has 2 amide bonds. The van der Waals surface area contributed by atoms with Crippen LogP contribution in [0.4, 0.5) is 11.4 Å². The van der Waals surface area contributed by atoms with Gasteiger partial charge in [0.25, 0.3) is 11.8 Å². The van der Waals surface area contributed by atoms with Gasteiger partial charge in [0.05, 0.1) is 18.0 Å². The van der Waals surface area contributed by atoms with E-state index in [0.29, 0.717) is 54.4 Å². The number of fused-ring (bicyclic) bond motifs is 1. The zero-order valence-electron chi connectivity index (χ0n) is 21.7. The summed E-state index contributed by atoms with van der Waals surface area (Å²) >= 11 is 0. The fourth-order valence-corrected chi connectivity index (χ4v) is 4.32. The molecule has 0 radical (unpaired) electrons. The van der Waals surface area contributed by atoms with Crippen molar-refractivity contribution in [1.82, 2.24) is 4.90 Å². The summed E-state index contributed by atoms with van der Waals surface area (Å²) < 4.78 is 11.7. The van der Waals surface area contributed by atoms with Gasteiger partial charge in [0.1, 0.15) is 17.1 Å². The Morgan fingerprint density at radius 1 is 0.900 bits per heavy atom.